The summed E-state index contributed by atoms with van der Waals surface area (Å²) in [7, 11) is 1.29. The molecule has 3 aromatic rings. The van der Waals surface area contributed by atoms with Crippen LogP contribution in [-0.2, 0) is 19.1 Å². The van der Waals surface area contributed by atoms with E-state index in [0.717, 1.165) is 5.56 Å². The van der Waals surface area contributed by atoms with E-state index >= 15 is 0 Å². The molecule has 1 aliphatic rings. The topological polar surface area (TPSA) is 96.2 Å². The van der Waals surface area contributed by atoms with Gasteiger partial charge in [0.15, 0.2) is 11.4 Å². The Morgan fingerprint density at radius 2 is 1.86 bits per heavy atom. The summed E-state index contributed by atoms with van der Waals surface area (Å²) < 4.78 is 17.4. The number of fused-ring (bicyclic) bond motifs is 1. The highest BCUT2D eigenvalue weighted by atomic mass is 35.5. The number of ether oxygens (including phenoxy) is 3. The number of methoxy groups -OCH3 is 1. The van der Waals surface area contributed by atoms with Crippen molar-refractivity contribution in [2.45, 2.75) is 32.9 Å². The molecule has 0 aliphatic carbocycles. The van der Waals surface area contributed by atoms with Crippen molar-refractivity contribution in [1.82, 2.24) is 4.57 Å². The third kappa shape index (κ3) is 5.68. The Kier molecular flexibility index (Phi) is 7.94. The molecule has 2 heterocycles. The van der Waals surface area contributed by atoms with Gasteiger partial charge in [0, 0.05) is 5.02 Å². The Morgan fingerprint density at radius 1 is 1.16 bits per heavy atom. The van der Waals surface area contributed by atoms with Gasteiger partial charge in [0.1, 0.15) is 11.8 Å². The molecule has 0 saturated heterocycles. The lowest BCUT2D eigenvalue weighted by Gasteiger charge is -2.26. The SMILES string of the molecule is COC(=O)COc1ccc(C=c2sc3n(c2=O)C(c2ccccc2Cl)C(C(=O)OC(C)C)=C(C)N=3)cc1. The minimum absolute atomic E-state index is 0.197. The summed E-state index contributed by atoms with van der Waals surface area (Å²) in [6, 6.07) is 13.3. The Bertz CT molecular complexity index is 1550. The smallest absolute Gasteiger partial charge is 0.343 e. The highest BCUT2D eigenvalue weighted by Crippen LogP contribution is 2.34. The van der Waals surface area contributed by atoms with E-state index in [1.165, 1.54) is 23.0 Å². The summed E-state index contributed by atoms with van der Waals surface area (Å²) >= 11 is 7.76. The van der Waals surface area contributed by atoms with Crippen molar-refractivity contribution in [1.29, 1.82) is 0 Å². The van der Waals surface area contributed by atoms with Crippen LogP contribution in [0.4, 0.5) is 0 Å². The number of rotatable bonds is 7. The van der Waals surface area contributed by atoms with E-state index in [2.05, 4.69) is 9.73 Å². The van der Waals surface area contributed by atoms with E-state index in [0.29, 0.717) is 31.4 Å². The van der Waals surface area contributed by atoms with Gasteiger partial charge in [-0.15, -0.1) is 0 Å². The van der Waals surface area contributed by atoms with Gasteiger partial charge in [-0.1, -0.05) is 53.3 Å². The highest BCUT2D eigenvalue weighted by molar-refractivity contribution is 7.07. The molecule has 0 fully saturated rings. The number of hydrogen-bond donors (Lipinski definition) is 0. The van der Waals surface area contributed by atoms with Crippen LogP contribution in [-0.4, -0.2) is 36.3 Å². The van der Waals surface area contributed by atoms with E-state index in [-0.39, 0.29) is 23.8 Å². The van der Waals surface area contributed by atoms with Crippen LogP contribution in [0, 0.1) is 0 Å². The monoisotopic (exact) mass is 540 g/mol. The minimum Gasteiger partial charge on any atom is -0.482 e. The van der Waals surface area contributed by atoms with Gasteiger partial charge in [-0.3, -0.25) is 9.36 Å². The van der Waals surface area contributed by atoms with Crippen LogP contribution in [0.1, 0.15) is 37.9 Å². The van der Waals surface area contributed by atoms with Crippen LogP contribution in [0.2, 0.25) is 5.02 Å². The second-order valence-electron chi connectivity index (χ2n) is 8.49. The number of benzene rings is 2. The first-order valence-electron chi connectivity index (χ1n) is 11.5. The number of esters is 2. The van der Waals surface area contributed by atoms with Crippen molar-refractivity contribution in [2.75, 3.05) is 13.7 Å². The fourth-order valence-electron chi connectivity index (χ4n) is 3.86. The third-order valence-corrected chi connectivity index (χ3v) is 6.87. The molecule has 37 heavy (non-hydrogen) atoms. The van der Waals surface area contributed by atoms with E-state index in [1.54, 1.807) is 69.3 Å². The number of aromatic nitrogens is 1. The van der Waals surface area contributed by atoms with Crippen LogP contribution in [0.15, 0.2) is 69.6 Å². The summed E-state index contributed by atoms with van der Waals surface area (Å²) in [4.78, 5) is 43.1. The van der Waals surface area contributed by atoms with Crippen LogP contribution in [0.25, 0.3) is 6.08 Å². The summed E-state index contributed by atoms with van der Waals surface area (Å²) in [5, 5.41) is 0.425. The number of carbonyl (C=O) groups is 2. The molecule has 10 heteroatoms. The van der Waals surface area contributed by atoms with Gasteiger partial charge in [-0.05, 0) is 56.2 Å². The first-order valence-corrected chi connectivity index (χ1v) is 12.7. The van der Waals surface area contributed by atoms with Crippen molar-refractivity contribution in [3.05, 3.63) is 95.6 Å². The maximum Gasteiger partial charge on any atom is 0.343 e. The average molecular weight is 541 g/mol. The lowest BCUT2D eigenvalue weighted by atomic mass is 9.96. The van der Waals surface area contributed by atoms with E-state index in [9.17, 15) is 14.4 Å². The molecule has 1 atom stereocenters. The molecule has 192 valence electrons. The van der Waals surface area contributed by atoms with Gasteiger partial charge in [-0.2, -0.15) is 0 Å². The van der Waals surface area contributed by atoms with Gasteiger partial charge in [0.25, 0.3) is 5.56 Å². The zero-order valence-corrected chi connectivity index (χ0v) is 22.3. The zero-order chi connectivity index (χ0) is 26.7. The Labute approximate surface area is 222 Å². The van der Waals surface area contributed by atoms with Crippen molar-refractivity contribution in [2.24, 2.45) is 4.99 Å². The molecule has 1 unspecified atom stereocenters. The average Bonchev–Trinajstić information content (AvgIpc) is 3.16. The van der Waals surface area contributed by atoms with Crippen molar-refractivity contribution >= 4 is 41.0 Å². The number of hydrogen-bond acceptors (Lipinski definition) is 8. The standard InChI is InChI=1S/C27H25ClN2O6S/c1-15(2)36-26(33)23-16(3)29-27-30(24(23)19-7-5-6-8-20(19)28)25(32)21(37-27)13-17-9-11-18(12-10-17)35-14-22(31)34-4/h5-13,15,24H,14H2,1-4H3. The summed E-state index contributed by atoms with van der Waals surface area (Å²) in [6.45, 7) is 5.06. The molecule has 0 amide bonds. The predicted octanol–water partition coefficient (Wildman–Crippen LogP) is 3.39. The van der Waals surface area contributed by atoms with Gasteiger partial charge in [0.05, 0.1) is 29.0 Å². The molecule has 8 nitrogen and oxygen atoms in total. The molecular weight excluding hydrogens is 516 g/mol. The van der Waals surface area contributed by atoms with E-state index in [4.69, 9.17) is 21.1 Å². The van der Waals surface area contributed by atoms with Gasteiger partial charge < -0.3 is 14.2 Å². The molecule has 1 aromatic heterocycles. The Balaban J connectivity index is 1.79. The van der Waals surface area contributed by atoms with Gasteiger partial charge >= 0.3 is 11.9 Å². The zero-order valence-electron chi connectivity index (χ0n) is 20.7. The minimum atomic E-state index is -0.785. The maximum absolute atomic E-state index is 13.7. The second kappa shape index (κ2) is 11.1. The van der Waals surface area contributed by atoms with Crippen LogP contribution < -0.4 is 19.6 Å². The van der Waals surface area contributed by atoms with Crippen LogP contribution in [0.3, 0.4) is 0 Å². The summed E-state index contributed by atoms with van der Waals surface area (Å²) in [6.07, 6.45) is 1.40. The number of thiazole rings is 1. The lowest BCUT2D eigenvalue weighted by molar-refractivity contribution is -0.144. The maximum atomic E-state index is 13.7. The Morgan fingerprint density at radius 3 is 2.51 bits per heavy atom. The summed E-state index contributed by atoms with van der Waals surface area (Å²) in [5.41, 5.74) is 1.79. The predicted molar refractivity (Wildman–Crippen MR) is 140 cm³/mol. The molecule has 4 rings (SSSR count). The first-order chi connectivity index (χ1) is 17.7. The molecule has 0 N–H and O–H groups in total. The largest absolute Gasteiger partial charge is 0.482 e. The summed E-state index contributed by atoms with van der Waals surface area (Å²) in [5.74, 6) is -0.533. The number of carbonyl (C=O) groups excluding carboxylic acids is 2. The fourth-order valence-corrected chi connectivity index (χ4v) is 5.15. The molecule has 1 aliphatic heterocycles. The highest BCUT2D eigenvalue weighted by Gasteiger charge is 2.34. The molecule has 0 radical (unpaired) electrons. The van der Waals surface area contributed by atoms with Crippen molar-refractivity contribution in [3.63, 3.8) is 0 Å². The fraction of sp³-hybridized carbons (Fsp3) is 0.259. The van der Waals surface area contributed by atoms with E-state index in [1.807, 2.05) is 6.07 Å². The van der Waals surface area contributed by atoms with Crippen LogP contribution in [0.5, 0.6) is 5.75 Å². The molecular formula is C27H25ClN2O6S. The van der Waals surface area contributed by atoms with Crippen molar-refractivity contribution < 1.29 is 23.8 Å². The third-order valence-electron chi connectivity index (χ3n) is 5.55. The lowest BCUT2D eigenvalue weighted by Crippen LogP contribution is -2.40. The number of nitrogens with zero attached hydrogens (tertiary/aromatic N) is 2. The normalized spacial score (nSPS) is 15.3. The van der Waals surface area contributed by atoms with Crippen LogP contribution >= 0.6 is 22.9 Å². The molecule has 0 saturated carbocycles. The van der Waals surface area contributed by atoms with E-state index < -0.39 is 18.0 Å². The second-order valence-corrected chi connectivity index (χ2v) is 9.91. The molecule has 2 aromatic carbocycles. The Hall–Kier alpha value is -3.69. The van der Waals surface area contributed by atoms with Gasteiger partial charge in [0.2, 0.25) is 0 Å². The first kappa shape index (κ1) is 26.4. The number of halogens is 1. The van der Waals surface area contributed by atoms with Crippen molar-refractivity contribution in [3.8, 4) is 5.75 Å². The molecule has 0 spiro atoms. The van der Waals surface area contributed by atoms with Gasteiger partial charge in [-0.25, -0.2) is 14.6 Å². The quantitative estimate of drug-likeness (QED) is 0.426. The number of allylic oxidation sites excluding steroid dienone is 1. The molecule has 0 bridgehead atoms.